The third-order valence-electron chi connectivity index (χ3n) is 3.04. The normalized spacial score (nSPS) is 22.2. The van der Waals surface area contributed by atoms with Crippen LogP contribution >= 0.6 is 0 Å². The maximum atomic E-state index is 5.73. The number of rotatable bonds is 8. The van der Waals surface area contributed by atoms with Crippen molar-refractivity contribution in [2.75, 3.05) is 39.5 Å². The number of morpholine rings is 1. The van der Waals surface area contributed by atoms with Crippen molar-refractivity contribution in [3.63, 3.8) is 0 Å². The predicted molar refractivity (Wildman–Crippen MR) is 71.4 cm³/mol. The van der Waals surface area contributed by atoms with Gasteiger partial charge in [0.2, 0.25) is 0 Å². The van der Waals surface area contributed by atoms with Crippen LogP contribution in [0, 0.1) is 5.92 Å². The van der Waals surface area contributed by atoms with Crippen molar-refractivity contribution in [2.24, 2.45) is 5.92 Å². The number of unbranched alkanes of at least 4 members (excludes halogenated alkanes) is 2. The molecule has 1 saturated heterocycles. The maximum absolute atomic E-state index is 5.73. The second-order valence-electron chi connectivity index (χ2n) is 5.43. The van der Waals surface area contributed by atoms with E-state index >= 15 is 0 Å². The van der Waals surface area contributed by atoms with Crippen LogP contribution in [0.2, 0.25) is 0 Å². The Bertz CT molecular complexity index is 185. The fourth-order valence-corrected chi connectivity index (χ4v) is 2.23. The van der Waals surface area contributed by atoms with E-state index in [-0.39, 0.29) is 6.10 Å². The average molecular weight is 243 g/mol. The molecular formula is C14H29NO2. The molecule has 0 bridgehead atoms. The molecule has 1 heterocycles. The zero-order valence-electron chi connectivity index (χ0n) is 11.8. The Balaban J connectivity index is 2.08. The van der Waals surface area contributed by atoms with Crippen molar-refractivity contribution < 1.29 is 9.47 Å². The molecule has 17 heavy (non-hydrogen) atoms. The van der Waals surface area contributed by atoms with Gasteiger partial charge in [-0.3, -0.25) is 4.90 Å². The zero-order chi connectivity index (χ0) is 12.5. The summed E-state index contributed by atoms with van der Waals surface area (Å²) in [6.45, 7) is 12.5. The second-order valence-corrected chi connectivity index (χ2v) is 5.43. The third kappa shape index (κ3) is 7.02. The van der Waals surface area contributed by atoms with Crippen LogP contribution in [-0.2, 0) is 9.47 Å². The van der Waals surface area contributed by atoms with E-state index in [2.05, 4.69) is 25.7 Å². The van der Waals surface area contributed by atoms with Crippen LogP contribution < -0.4 is 0 Å². The van der Waals surface area contributed by atoms with Gasteiger partial charge in [-0.05, 0) is 12.3 Å². The molecule has 3 nitrogen and oxygen atoms in total. The summed E-state index contributed by atoms with van der Waals surface area (Å²) in [6, 6.07) is 0. The van der Waals surface area contributed by atoms with Crippen molar-refractivity contribution in [3.8, 4) is 0 Å². The molecule has 1 rings (SSSR count). The van der Waals surface area contributed by atoms with Gasteiger partial charge in [-0.25, -0.2) is 0 Å². The fourth-order valence-electron chi connectivity index (χ4n) is 2.23. The van der Waals surface area contributed by atoms with Gasteiger partial charge in [-0.1, -0.05) is 33.6 Å². The number of nitrogens with zero attached hydrogens (tertiary/aromatic N) is 1. The second kappa shape index (κ2) is 8.90. The Kier molecular flexibility index (Phi) is 7.82. The van der Waals surface area contributed by atoms with E-state index in [0.717, 1.165) is 38.8 Å². The van der Waals surface area contributed by atoms with Crippen molar-refractivity contribution in [1.29, 1.82) is 0 Å². The molecule has 0 radical (unpaired) electrons. The van der Waals surface area contributed by atoms with Gasteiger partial charge in [0.05, 0.1) is 19.3 Å². The van der Waals surface area contributed by atoms with E-state index in [4.69, 9.17) is 9.47 Å². The monoisotopic (exact) mass is 243 g/mol. The summed E-state index contributed by atoms with van der Waals surface area (Å²) in [5.41, 5.74) is 0. The molecule has 3 heteroatoms. The van der Waals surface area contributed by atoms with E-state index in [1.54, 1.807) is 0 Å². The highest BCUT2D eigenvalue weighted by molar-refractivity contribution is 4.71. The van der Waals surface area contributed by atoms with E-state index in [9.17, 15) is 0 Å². The maximum Gasteiger partial charge on any atom is 0.0935 e. The number of ether oxygens (including phenoxy) is 2. The minimum absolute atomic E-state index is 0.282. The Hall–Kier alpha value is -0.120. The lowest BCUT2D eigenvalue weighted by molar-refractivity contribution is -0.0713. The summed E-state index contributed by atoms with van der Waals surface area (Å²) in [5.74, 6) is 0.735. The lowest BCUT2D eigenvalue weighted by atomic mass is 10.2. The smallest absolute Gasteiger partial charge is 0.0935 e. The SMILES string of the molecule is CCCCCOC[C@@H]1CN(CC(C)C)CCO1. The molecule has 1 fully saturated rings. The summed E-state index contributed by atoms with van der Waals surface area (Å²) in [7, 11) is 0. The van der Waals surface area contributed by atoms with Crippen LogP contribution in [-0.4, -0.2) is 50.5 Å². The molecule has 0 amide bonds. The highest BCUT2D eigenvalue weighted by atomic mass is 16.5. The van der Waals surface area contributed by atoms with Gasteiger partial charge < -0.3 is 9.47 Å². The minimum Gasteiger partial charge on any atom is -0.379 e. The molecule has 102 valence electrons. The lowest BCUT2D eigenvalue weighted by Gasteiger charge is -2.33. The van der Waals surface area contributed by atoms with Crippen molar-refractivity contribution >= 4 is 0 Å². The molecule has 0 saturated carbocycles. The molecule has 1 atom stereocenters. The van der Waals surface area contributed by atoms with Crippen molar-refractivity contribution in [3.05, 3.63) is 0 Å². The summed E-state index contributed by atoms with van der Waals surface area (Å²) < 4.78 is 11.4. The van der Waals surface area contributed by atoms with Gasteiger partial charge >= 0.3 is 0 Å². The first kappa shape index (κ1) is 14.9. The highest BCUT2D eigenvalue weighted by Gasteiger charge is 2.20. The summed E-state index contributed by atoms with van der Waals surface area (Å²) in [4.78, 5) is 2.49. The largest absolute Gasteiger partial charge is 0.379 e. The first-order valence-corrected chi connectivity index (χ1v) is 7.14. The fraction of sp³-hybridized carbons (Fsp3) is 1.00. The Morgan fingerprint density at radius 2 is 2.18 bits per heavy atom. The van der Waals surface area contributed by atoms with Gasteiger partial charge in [0.1, 0.15) is 0 Å². The minimum atomic E-state index is 0.282. The van der Waals surface area contributed by atoms with E-state index in [1.807, 2.05) is 0 Å². The van der Waals surface area contributed by atoms with Gasteiger partial charge in [0, 0.05) is 26.2 Å². The summed E-state index contributed by atoms with van der Waals surface area (Å²) in [6.07, 6.45) is 3.99. The molecule has 0 N–H and O–H groups in total. The van der Waals surface area contributed by atoms with Crippen molar-refractivity contribution in [1.82, 2.24) is 4.90 Å². The molecular weight excluding hydrogens is 214 g/mol. The van der Waals surface area contributed by atoms with Crippen LogP contribution in [0.3, 0.4) is 0 Å². The van der Waals surface area contributed by atoms with Crippen LogP contribution in [0.4, 0.5) is 0 Å². The summed E-state index contributed by atoms with van der Waals surface area (Å²) >= 11 is 0. The van der Waals surface area contributed by atoms with E-state index in [1.165, 1.54) is 25.8 Å². The molecule has 0 aromatic heterocycles. The van der Waals surface area contributed by atoms with Crippen molar-refractivity contribution in [2.45, 2.75) is 46.1 Å². The van der Waals surface area contributed by atoms with Gasteiger partial charge in [-0.15, -0.1) is 0 Å². The molecule has 0 aliphatic carbocycles. The van der Waals surface area contributed by atoms with Gasteiger partial charge in [0.15, 0.2) is 0 Å². The standard InChI is InChI=1S/C14H29NO2/c1-4-5-6-8-16-12-14-11-15(7-9-17-14)10-13(2)3/h13-14H,4-12H2,1-3H3/t14-/m0/s1. The summed E-state index contributed by atoms with van der Waals surface area (Å²) in [5, 5.41) is 0. The predicted octanol–water partition coefficient (Wildman–Crippen LogP) is 2.55. The average Bonchev–Trinajstić information content (AvgIpc) is 2.28. The van der Waals surface area contributed by atoms with E-state index in [0.29, 0.717) is 0 Å². The quantitative estimate of drug-likeness (QED) is 0.612. The third-order valence-corrected chi connectivity index (χ3v) is 3.04. The van der Waals surface area contributed by atoms with Gasteiger partial charge in [0.25, 0.3) is 0 Å². The van der Waals surface area contributed by atoms with E-state index < -0.39 is 0 Å². The highest BCUT2D eigenvalue weighted by Crippen LogP contribution is 2.08. The molecule has 1 aliphatic rings. The zero-order valence-corrected chi connectivity index (χ0v) is 11.8. The van der Waals surface area contributed by atoms with Crippen LogP contribution in [0.15, 0.2) is 0 Å². The topological polar surface area (TPSA) is 21.7 Å². The van der Waals surface area contributed by atoms with Crippen LogP contribution in [0.1, 0.15) is 40.0 Å². The molecule has 0 aromatic rings. The molecule has 0 spiro atoms. The van der Waals surface area contributed by atoms with Crippen LogP contribution in [0.25, 0.3) is 0 Å². The van der Waals surface area contributed by atoms with Crippen LogP contribution in [0.5, 0.6) is 0 Å². The Morgan fingerprint density at radius 3 is 2.88 bits per heavy atom. The first-order chi connectivity index (χ1) is 8.22. The Morgan fingerprint density at radius 1 is 1.35 bits per heavy atom. The molecule has 1 aliphatic heterocycles. The Labute approximate surface area is 106 Å². The number of hydrogen-bond acceptors (Lipinski definition) is 3. The molecule has 0 unspecified atom stereocenters. The lowest BCUT2D eigenvalue weighted by Crippen LogP contribution is -2.45. The first-order valence-electron chi connectivity index (χ1n) is 7.14. The molecule has 0 aromatic carbocycles. The van der Waals surface area contributed by atoms with Gasteiger partial charge in [-0.2, -0.15) is 0 Å². The number of hydrogen-bond donors (Lipinski definition) is 0.